The maximum absolute atomic E-state index is 10.2. The second kappa shape index (κ2) is 12.1. The summed E-state index contributed by atoms with van der Waals surface area (Å²) in [5, 5.41) is 14.4. The van der Waals surface area contributed by atoms with Gasteiger partial charge in [0, 0.05) is 11.0 Å². The summed E-state index contributed by atoms with van der Waals surface area (Å²) in [6.45, 7) is 8.63. The van der Waals surface area contributed by atoms with Crippen LogP contribution in [0, 0.1) is 17.3 Å². The van der Waals surface area contributed by atoms with E-state index in [4.69, 9.17) is 0 Å². The third kappa shape index (κ3) is 6.02. The van der Waals surface area contributed by atoms with Crippen LogP contribution < -0.4 is 28.3 Å². The third-order valence-electron chi connectivity index (χ3n) is 7.04. The Kier molecular flexibility index (Phi) is 9.38. The van der Waals surface area contributed by atoms with E-state index in [9.17, 15) is 5.11 Å². The summed E-state index contributed by atoms with van der Waals surface area (Å²) in [5.74, 6) is 6.97. The van der Waals surface area contributed by atoms with Gasteiger partial charge in [-0.15, -0.1) is 0 Å². The number of hydrogen-bond donors (Lipinski definition) is 1. The summed E-state index contributed by atoms with van der Waals surface area (Å²) in [6.07, 6.45) is 4.49. The van der Waals surface area contributed by atoms with E-state index in [1.54, 1.807) is 0 Å². The monoisotopic (exact) mass is 514 g/mol. The first kappa shape index (κ1) is 28.0. The molecule has 0 aromatic heterocycles. The van der Waals surface area contributed by atoms with Crippen LogP contribution in [0.25, 0.3) is 0 Å². The van der Waals surface area contributed by atoms with Crippen LogP contribution in [-0.4, -0.2) is 17.4 Å². The molecule has 1 nitrogen and oxygen atoms in total. The lowest BCUT2D eigenvalue weighted by atomic mass is 9.72. The molecule has 1 N–H and O–H groups in total. The fourth-order valence-corrected chi connectivity index (χ4v) is 9.49. The zero-order valence-electron chi connectivity index (χ0n) is 21.7. The standard InChI is InChI=1S/C33H36OP.ClH/c1-26(20-21-32-27(2)24-28(34)25-33(32,3)4)22-23-35(29-14-8-5-9-15-29,30-16-10-6-11-17-30)31-18-12-7-13-19-31;/h5-19,22,28,34H,23-25H2,1-4H3;1H/q+1;/p-1. The van der Waals surface area contributed by atoms with Gasteiger partial charge < -0.3 is 17.5 Å². The quantitative estimate of drug-likeness (QED) is 0.408. The van der Waals surface area contributed by atoms with E-state index < -0.39 is 7.26 Å². The van der Waals surface area contributed by atoms with Gasteiger partial charge in [-0.2, -0.15) is 0 Å². The molecule has 0 bridgehead atoms. The fraction of sp³-hybridized carbons (Fsp3) is 0.273. The number of halogens is 1. The number of allylic oxidation sites excluding steroid dienone is 3. The van der Waals surface area contributed by atoms with Crippen molar-refractivity contribution >= 4 is 23.2 Å². The molecule has 3 aromatic rings. The van der Waals surface area contributed by atoms with E-state index in [0.717, 1.165) is 24.6 Å². The van der Waals surface area contributed by atoms with Gasteiger partial charge in [-0.3, -0.25) is 0 Å². The third-order valence-corrected chi connectivity index (χ3v) is 11.3. The van der Waals surface area contributed by atoms with Crippen molar-refractivity contribution in [3.63, 3.8) is 0 Å². The van der Waals surface area contributed by atoms with Crippen LogP contribution >= 0.6 is 7.26 Å². The molecule has 0 saturated heterocycles. The van der Waals surface area contributed by atoms with Crippen LogP contribution in [0.3, 0.4) is 0 Å². The lowest BCUT2D eigenvalue weighted by molar-refractivity contribution is -0.0000116. The normalized spacial score (nSPS) is 17.6. The lowest BCUT2D eigenvalue weighted by Crippen LogP contribution is -3.00. The molecule has 0 fully saturated rings. The summed E-state index contributed by atoms with van der Waals surface area (Å²) in [5.41, 5.74) is 3.41. The molecule has 1 aliphatic carbocycles. The molecule has 186 valence electrons. The number of aliphatic hydroxyl groups excluding tert-OH is 1. The van der Waals surface area contributed by atoms with Gasteiger partial charge >= 0.3 is 0 Å². The molecule has 1 atom stereocenters. The van der Waals surface area contributed by atoms with E-state index in [1.165, 1.54) is 27.1 Å². The van der Waals surface area contributed by atoms with Crippen molar-refractivity contribution in [2.75, 3.05) is 6.16 Å². The van der Waals surface area contributed by atoms with Crippen molar-refractivity contribution in [3.05, 3.63) is 114 Å². The minimum atomic E-state index is -1.90. The highest BCUT2D eigenvalue weighted by Crippen LogP contribution is 2.55. The van der Waals surface area contributed by atoms with Gasteiger partial charge in [-0.05, 0) is 74.7 Å². The average molecular weight is 515 g/mol. The van der Waals surface area contributed by atoms with Crippen LogP contribution in [0.2, 0.25) is 0 Å². The van der Waals surface area contributed by atoms with Gasteiger partial charge in [0.1, 0.15) is 23.2 Å². The molecule has 36 heavy (non-hydrogen) atoms. The molecule has 0 radical (unpaired) electrons. The molecule has 3 heteroatoms. The first-order valence-corrected chi connectivity index (χ1v) is 14.4. The Balaban J connectivity index is 0.00000361. The lowest BCUT2D eigenvalue weighted by Gasteiger charge is -2.34. The van der Waals surface area contributed by atoms with Gasteiger partial charge in [0.05, 0.1) is 12.3 Å². The van der Waals surface area contributed by atoms with Crippen molar-refractivity contribution in [1.82, 2.24) is 0 Å². The van der Waals surface area contributed by atoms with Gasteiger partial charge in [0.2, 0.25) is 0 Å². The number of hydrogen-bond acceptors (Lipinski definition) is 1. The maximum atomic E-state index is 10.2. The molecule has 0 saturated carbocycles. The summed E-state index contributed by atoms with van der Waals surface area (Å²) >= 11 is 0. The van der Waals surface area contributed by atoms with Gasteiger partial charge in [0.25, 0.3) is 0 Å². The zero-order chi connectivity index (χ0) is 24.9. The van der Waals surface area contributed by atoms with Crippen LogP contribution in [-0.2, 0) is 0 Å². The number of aliphatic hydroxyl groups is 1. The summed E-state index contributed by atoms with van der Waals surface area (Å²) < 4.78 is 0. The Morgan fingerprint density at radius 2 is 1.33 bits per heavy atom. The first-order valence-electron chi connectivity index (χ1n) is 12.4. The molecule has 0 heterocycles. The minimum Gasteiger partial charge on any atom is -1.00 e. The highest BCUT2D eigenvalue weighted by molar-refractivity contribution is 7.95. The molecule has 1 aliphatic rings. The SMILES string of the molecule is CC(C#CC1=C(C)CC(O)CC1(C)C)=CC[P+](c1ccccc1)(c1ccccc1)c1ccccc1.[Cl-]. The molecule has 0 aliphatic heterocycles. The van der Waals surface area contributed by atoms with E-state index in [2.05, 4.69) is 137 Å². The number of benzene rings is 3. The van der Waals surface area contributed by atoms with E-state index in [1.807, 2.05) is 0 Å². The van der Waals surface area contributed by atoms with Crippen LogP contribution in [0.5, 0.6) is 0 Å². The van der Waals surface area contributed by atoms with Gasteiger partial charge in [-0.25, -0.2) is 0 Å². The van der Waals surface area contributed by atoms with Crippen LogP contribution in [0.1, 0.15) is 40.5 Å². The van der Waals surface area contributed by atoms with Crippen molar-refractivity contribution < 1.29 is 17.5 Å². The maximum Gasteiger partial charge on any atom is 0.116 e. The predicted molar refractivity (Wildman–Crippen MR) is 153 cm³/mol. The van der Waals surface area contributed by atoms with Gasteiger partial charge in [0.15, 0.2) is 0 Å². The second-order valence-corrected chi connectivity index (χ2v) is 13.8. The Labute approximate surface area is 224 Å². The Morgan fingerprint density at radius 1 is 0.889 bits per heavy atom. The summed E-state index contributed by atoms with van der Waals surface area (Å²) in [7, 11) is -1.90. The van der Waals surface area contributed by atoms with Crippen LogP contribution in [0.4, 0.5) is 0 Å². The van der Waals surface area contributed by atoms with Crippen molar-refractivity contribution in [3.8, 4) is 11.8 Å². The first-order chi connectivity index (χ1) is 16.8. The topological polar surface area (TPSA) is 20.2 Å². The Bertz CT molecular complexity index is 1170. The predicted octanol–water partition coefficient (Wildman–Crippen LogP) is 3.43. The van der Waals surface area contributed by atoms with Crippen molar-refractivity contribution in [2.24, 2.45) is 5.41 Å². The van der Waals surface area contributed by atoms with E-state index in [-0.39, 0.29) is 23.9 Å². The highest BCUT2D eigenvalue weighted by atomic mass is 35.5. The van der Waals surface area contributed by atoms with E-state index in [0.29, 0.717) is 0 Å². The molecule has 0 amide bonds. The molecular formula is C33H36ClOP. The van der Waals surface area contributed by atoms with Crippen LogP contribution in [0.15, 0.2) is 114 Å². The minimum absolute atomic E-state index is 0. The van der Waals surface area contributed by atoms with Crippen molar-refractivity contribution in [2.45, 2.75) is 46.6 Å². The number of rotatable bonds is 5. The smallest absolute Gasteiger partial charge is 0.116 e. The summed E-state index contributed by atoms with van der Waals surface area (Å²) in [6, 6.07) is 32.9. The Hall–Kier alpha value is -2.62. The summed E-state index contributed by atoms with van der Waals surface area (Å²) in [4.78, 5) is 0. The Morgan fingerprint density at radius 3 is 1.75 bits per heavy atom. The largest absolute Gasteiger partial charge is 1.00 e. The van der Waals surface area contributed by atoms with E-state index >= 15 is 0 Å². The molecular weight excluding hydrogens is 479 g/mol. The zero-order valence-corrected chi connectivity index (χ0v) is 23.4. The molecule has 4 rings (SSSR count). The second-order valence-electron chi connectivity index (χ2n) is 10.2. The highest BCUT2D eigenvalue weighted by Gasteiger charge is 2.44. The molecule has 0 spiro atoms. The average Bonchev–Trinajstić information content (AvgIpc) is 2.85. The molecule has 3 aromatic carbocycles. The van der Waals surface area contributed by atoms with Gasteiger partial charge in [-0.1, -0.05) is 85.9 Å². The van der Waals surface area contributed by atoms with Crippen molar-refractivity contribution in [1.29, 1.82) is 0 Å². The fourth-order valence-electron chi connectivity index (χ4n) is 5.37. The molecule has 1 unspecified atom stereocenters.